The van der Waals surface area contributed by atoms with Crippen molar-refractivity contribution < 1.29 is 0 Å². The van der Waals surface area contributed by atoms with Gasteiger partial charge in [-0.25, -0.2) is 0 Å². The van der Waals surface area contributed by atoms with E-state index in [0.29, 0.717) is 0 Å². The molecule has 6 rings (SSSR count). The maximum absolute atomic E-state index is 3.53. The standard InChI is InChI=1S/C32H22BrN/c33-27-16-13-23(14-17-27)24-15-19-31-25(21-24)11-12-26-22-30(18-20-32(26)31)34(28-7-3-1-4-8-28)29-9-5-2-6-10-29/h1-22H. The summed E-state index contributed by atoms with van der Waals surface area (Å²) in [6.07, 6.45) is 0. The lowest BCUT2D eigenvalue weighted by atomic mass is 9.97. The maximum Gasteiger partial charge on any atom is 0.0468 e. The average Bonchev–Trinajstić information content (AvgIpc) is 2.90. The minimum absolute atomic E-state index is 1.10. The van der Waals surface area contributed by atoms with E-state index in [0.717, 1.165) is 21.5 Å². The molecule has 0 N–H and O–H groups in total. The van der Waals surface area contributed by atoms with Crippen LogP contribution in [-0.2, 0) is 0 Å². The van der Waals surface area contributed by atoms with Crippen LogP contribution in [0.1, 0.15) is 0 Å². The predicted octanol–water partition coefficient (Wildman–Crippen LogP) is 9.89. The summed E-state index contributed by atoms with van der Waals surface area (Å²) in [6, 6.07) is 47.6. The van der Waals surface area contributed by atoms with Gasteiger partial charge in [0.1, 0.15) is 0 Å². The number of benzene rings is 6. The number of para-hydroxylation sites is 2. The first-order valence-electron chi connectivity index (χ1n) is 11.4. The molecule has 1 nitrogen and oxygen atoms in total. The fourth-order valence-corrected chi connectivity index (χ4v) is 4.89. The zero-order valence-corrected chi connectivity index (χ0v) is 20.1. The highest BCUT2D eigenvalue weighted by Gasteiger charge is 2.13. The predicted molar refractivity (Wildman–Crippen MR) is 149 cm³/mol. The van der Waals surface area contributed by atoms with E-state index in [1.807, 2.05) is 0 Å². The number of halogens is 1. The van der Waals surface area contributed by atoms with Gasteiger partial charge in [0.2, 0.25) is 0 Å². The topological polar surface area (TPSA) is 3.24 Å². The van der Waals surface area contributed by atoms with Crippen molar-refractivity contribution in [2.75, 3.05) is 4.90 Å². The second-order valence-corrected chi connectivity index (χ2v) is 9.34. The Morgan fingerprint density at radius 2 is 0.941 bits per heavy atom. The number of hydrogen-bond acceptors (Lipinski definition) is 1. The Labute approximate surface area is 208 Å². The lowest BCUT2D eigenvalue weighted by Crippen LogP contribution is -2.09. The Morgan fingerprint density at radius 1 is 0.412 bits per heavy atom. The Kier molecular flexibility index (Phi) is 5.37. The number of fused-ring (bicyclic) bond motifs is 3. The fourth-order valence-electron chi connectivity index (χ4n) is 4.62. The van der Waals surface area contributed by atoms with Gasteiger partial charge in [0.15, 0.2) is 0 Å². The van der Waals surface area contributed by atoms with Gasteiger partial charge in [0.25, 0.3) is 0 Å². The third-order valence-electron chi connectivity index (χ3n) is 6.28. The second-order valence-electron chi connectivity index (χ2n) is 8.42. The molecule has 0 atom stereocenters. The first kappa shape index (κ1) is 20.7. The van der Waals surface area contributed by atoms with Crippen LogP contribution in [0.5, 0.6) is 0 Å². The first-order valence-corrected chi connectivity index (χ1v) is 12.2. The number of nitrogens with zero attached hydrogens (tertiary/aromatic N) is 1. The first-order chi connectivity index (χ1) is 16.8. The summed E-state index contributed by atoms with van der Waals surface area (Å²) in [5, 5.41) is 5.03. The summed E-state index contributed by atoms with van der Waals surface area (Å²) in [6.45, 7) is 0. The number of anilines is 3. The zero-order chi connectivity index (χ0) is 22.9. The van der Waals surface area contributed by atoms with Gasteiger partial charge in [-0.1, -0.05) is 94.8 Å². The van der Waals surface area contributed by atoms with Gasteiger partial charge in [-0.2, -0.15) is 0 Å². The molecule has 0 fully saturated rings. The van der Waals surface area contributed by atoms with Crippen molar-refractivity contribution in [1.29, 1.82) is 0 Å². The molecule has 0 heterocycles. The van der Waals surface area contributed by atoms with Crippen LogP contribution in [0.3, 0.4) is 0 Å². The van der Waals surface area contributed by atoms with Crippen LogP contribution in [0.2, 0.25) is 0 Å². The van der Waals surface area contributed by atoms with E-state index >= 15 is 0 Å². The molecular formula is C32H22BrN. The maximum atomic E-state index is 3.53. The van der Waals surface area contributed by atoms with E-state index in [-0.39, 0.29) is 0 Å². The van der Waals surface area contributed by atoms with Crippen molar-refractivity contribution >= 4 is 54.5 Å². The Hall–Kier alpha value is -3.88. The summed E-state index contributed by atoms with van der Waals surface area (Å²) < 4.78 is 1.10. The molecular weight excluding hydrogens is 478 g/mol. The normalized spacial score (nSPS) is 11.1. The van der Waals surface area contributed by atoms with Crippen LogP contribution >= 0.6 is 15.9 Å². The Balaban J connectivity index is 1.46. The number of hydrogen-bond donors (Lipinski definition) is 0. The monoisotopic (exact) mass is 499 g/mol. The van der Waals surface area contributed by atoms with E-state index in [4.69, 9.17) is 0 Å². The van der Waals surface area contributed by atoms with E-state index in [1.165, 1.54) is 32.7 Å². The summed E-state index contributed by atoms with van der Waals surface area (Å²) in [4.78, 5) is 2.31. The minimum Gasteiger partial charge on any atom is -0.310 e. The molecule has 0 unspecified atom stereocenters. The molecule has 0 bridgehead atoms. The van der Waals surface area contributed by atoms with Crippen molar-refractivity contribution in [2.45, 2.75) is 0 Å². The Bertz CT molecular complexity index is 1550. The molecule has 0 aliphatic heterocycles. The lowest BCUT2D eigenvalue weighted by molar-refractivity contribution is 1.29. The third-order valence-corrected chi connectivity index (χ3v) is 6.81. The quantitative estimate of drug-likeness (QED) is 0.218. The van der Waals surface area contributed by atoms with Gasteiger partial charge in [-0.3, -0.25) is 0 Å². The fraction of sp³-hybridized carbons (Fsp3) is 0. The van der Waals surface area contributed by atoms with Crippen LogP contribution in [0.25, 0.3) is 32.7 Å². The van der Waals surface area contributed by atoms with Crippen molar-refractivity contribution in [3.63, 3.8) is 0 Å². The zero-order valence-electron chi connectivity index (χ0n) is 18.5. The molecule has 0 aromatic heterocycles. The smallest absolute Gasteiger partial charge is 0.0468 e. The molecule has 34 heavy (non-hydrogen) atoms. The van der Waals surface area contributed by atoms with E-state index < -0.39 is 0 Å². The molecule has 0 saturated heterocycles. The van der Waals surface area contributed by atoms with Crippen LogP contribution in [0.4, 0.5) is 17.1 Å². The van der Waals surface area contributed by atoms with Gasteiger partial charge in [0, 0.05) is 21.5 Å². The summed E-state index contributed by atoms with van der Waals surface area (Å²) in [5.74, 6) is 0. The molecule has 0 saturated carbocycles. The van der Waals surface area contributed by atoms with E-state index in [1.54, 1.807) is 0 Å². The molecule has 6 aromatic rings. The summed E-state index contributed by atoms with van der Waals surface area (Å²) in [7, 11) is 0. The largest absolute Gasteiger partial charge is 0.310 e. The van der Waals surface area contributed by atoms with Crippen LogP contribution in [0, 0.1) is 0 Å². The highest BCUT2D eigenvalue weighted by Crippen LogP contribution is 2.37. The van der Waals surface area contributed by atoms with Gasteiger partial charge >= 0.3 is 0 Å². The van der Waals surface area contributed by atoms with Crippen molar-refractivity contribution in [3.05, 3.63) is 138 Å². The number of rotatable bonds is 4. The molecule has 0 aliphatic carbocycles. The van der Waals surface area contributed by atoms with Gasteiger partial charge < -0.3 is 4.90 Å². The lowest BCUT2D eigenvalue weighted by Gasteiger charge is -2.25. The van der Waals surface area contributed by atoms with Gasteiger partial charge in [-0.15, -0.1) is 0 Å². The van der Waals surface area contributed by atoms with E-state index in [2.05, 4.69) is 154 Å². The molecule has 6 aromatic carbocycles. The van der Waals surface area contributed by atoms with Crippen LogP contribution in [-0.4, -0.2) is 0 Å². The van der Waals surface area contributed by atoms with Crippen molar-refractivity contribution in [1.82, 2.24) is 0 Å². The SMILES string of the molecule is Brc1ccc(-c2ccc3c(ccc4cc(N(c5ccccc5)c5ccccc5)ccc43)c2)cc1. The molecule has 0 amide bonds. The van der Waals surface area contributed by atoms with Crippen LogP contribution in [0.15, 0.2) is 138 Å². The highest BCUT2D eigenvalue weighted by molar-refractivity contribution is 9.10. The Morgan fingerprint density at radius 3 is 1.56 bits per heavy atom. The van der Waals surface area contributed by atoms with Crippen molar-refractivity contribution in [3.8, 4) is 11.1 Å². The molecule has 0 radical (unpaired) electrons. The second kappa shape index (κ2) is 8.81. The van der Waals surface area contributed by atoms with Gasteiger partial charge in [-0.05, 0) is 87.3 Å². The summed E-state index contributed by atoms with van der Waals surface area (Å²) in [5.41, 5.74) is 5.90. The summed E-state index contributed by atoms with van der Waals surface area (Å²) >= 11 is 3.53. The van der Waals surface area contributed by atoms with E-state index in [9.17, 15) is 0 Å². The molecule has 2 heteroatoms. The van der Waals surface area contributed by atoms with Crippen molar-refractivity contribution in [2.24, 2.45) is 0 Å². The molecule has 162 valence electrons. The third kappa shape index (κ3) is 3.87. The highest BCUT2D eigenvalue weighted by atomic mass is 79.9. The van der Waals surface area contributed by atoms with Crippen LogP contribution < -0.4 is 4.90 Å². The average molecular weight is 500 g/mol. The minimum atomic E-state index is 1.10. The van der Waals surface area contributed by atoms with Gasteiger partial charge in [0.05, 0.1) is 0 Å². The molecule has 0 aliphatic rings. The molecule has 0 spiro atoms.